The zero-order valence-corrected chi connectivity index (χ0v) is 16.0. The molecule has 0 bridgehead atoms. The molecule has 0 spiro atoms. The second-order valence-electron chi connectivity index (χ2n) is 6.80. The Balaban J connectivity index is 2.10. The van der Waals surface area contributed by atoms with Gasteiger partial charge in [-0.15, -0.1) is 0 Å². The van der Waals surface area contributed by atoms with E-state index in [0.29, 0.717) is 30.3 Å². The third-order valence-corrected chi connectivity index (χ3v) is 4.55. The molecule has 1 aliphatic rings. The van der Waals surface area contributed by atoms with E-state index in [1.54, 1.807) is 25.4 Å². The van der Waals surface area contributed by atoms with Crippen molar-refractivity contribution >= 4 is 11.7 Å². The number of likely N-dealkylation sites (N-methyl/N-ethyl adjacent to an activating group) is 1. The molecule has 2 rings (SSSR count). The highest BCUT2D eigenvalue weighted by Crippen LogP contribution is 2.28. The van der Waals surface area contributed by atoms with Gasteiger partial charge in [-0.05, 0) is 44.6 Å². The maximum atomic E-state index is 12.8. The number of ether oxygens (including phenoxy) is 1. The predicted molar refractivity (Wildman–Crippen MR) is 105 cm³/mol. The number of pyridine rings is 1. The predicted octanol–water partition coefficient (Wildman–Crippen LogP) is 2.84. The van der Waals surface area contributed by atoms with E-state index in [0.717, 1.165) is 12.1 Å². The van der Waals surface area contributed by atoms with Gasteiger partial charge >= 0.3 is 0 Å². The fourth-order valence-corrected chi connectivity index (χ4v) is 2.57. The van der Waals surface area contributed by atoms with Crippen molar-refractivity contribution in [3.05, 3.63) is 54.5 Å². The molecule has 26 heavy (non-hydrogen) atoms. The number of rotatable bonds is 7. The first kappa shape index (κ1) is 19.7. The van der Waals surface area contributed by atoms with Gasteiger partial charge in [-0.1, -0.05) is 13.5 Å². The maximum Gasteiger partial charge on any atom is 0.259 e. The first-order valence-corrected chi connectivity index (χ1v) is 8.75. The lowest BCUT2D eigenvalue weighted by molar-refractivity contribution is -0.114. The van der Waals surface area contributed by atoms with Crippen molar-refractivity contribution in [3.8, 4) is 5.75 Å². The molecule has 0 saturated heterocycles. The van der Waals surface area contributed by atoms with E-state index >= 15 is 0 Å². The summed E-state index contributed by atoms with van der Waals surface area (Å²) in [6.07, 6.45) is 8.11. The standard InChI is InChI=1S/C20H28N4O2/c1-6-20(3,4)24-11-9-16(13-15(24)2)19(25)23(5)18-8-7-17(14-22-18)26-12-10-21/h7-9,11,13-14H,2,6,10,12,21H2,1,3-5H3. The summed E-state index contributed by atoms with van der Waals surface area (Å²) in [4.78, 5) is 20.7. The topological polar surface area (TPSA) is 71.7 Å². The van der Waals surface area contributed by atoms with Crippen LogP contribution in [-0.4, -0.2) is 41.5 Å². The number of hydrogen-bond acceptors (Lipinski definition) is 5. The Labute approximate surface area is 155 Å². The van der Waals surface area contributed by atoms with Crippen LogP contribution < -0.4 is 15.4 Å². The van der Waals surface area contributed by atoms with Gasteiger partial charge in [0, 0.05) is 36.6 Å². The van der Waals surface area contributed by atoms with E-state index in [-0.39, 0.29) is 11.4 Å². The lowest BCUT2D eigenvalue weighted by Crippen LogP contribution is -2.40. The Morgan fingerprint density at radius 3 is 2.69 bits per heavy atom. The first-order valence-electron chi connectivity index (χ1n) is 8.75. The van der Waals surface area contributed by atoms with E-state index in [1.165, 1.54) is 4.90 Å². The molecule has 1 aromatic heterocycles. The summed E-state index contributed by atoms with van der Waals surface area (Å²) in [7, 11) is 1.70. The van der Waals surface area contributed by atoms with Crippen molar-refractivity contribution < 1.29 is 9.53 Å². The molecule has 0 aliphatic carbocycles. The fourth-order valence-electron chi connectivity index (χ4n) is 2.57. The monoisotopic (exact) mass is 356 g/mol. The average Bonchev–Trinajstić information content (AvgIpc) is 2.65. The number of amides is 1. The highest BCUT2D eigenvalue weighted by molar-refractivity contribution is 6.07. The van der Waals surface area contributed by atoms with Gasteiger partial charge < -0.3 is 15.4 Å². The molecule has 0 fully saturated rings. The minimum absolute atomic E-state index is 0.0501. The molecule has 6 heteroatoms. The Hall–Kier alpha value is -2.60. The molecule has 1 aliphatic heterocycles. The Bertz CT molecular complexity index is 720. The van der Waals surface area contributed by atoms with E-state index in [2.05, 4.69) is 37.2 Å². The number of nitrogens with two attached hydrogens (primary N) is 1. The smallest absolute Gasteiger partial charge is 0.259 e. The van der Waals surface area contributed by atoms with Crippen LogP contribution in [0.4, 0.5) is 5.82 Å². The van der Waals surface area contributed by atoms with Crippen molar-refractivity contribution in [1.29, 1.82) is 0 Å². The van der Waals surface area contributed by atoms with Gasteiger partial charge in [0.05, 0.1) is 6.20 Å². The summed E-state index contributed by atoms with van der Waals surface area (Å²) in [6.45, 7) is 11.4. The van der Waals surface area contributed by atoms with E-state index < -0.39 is 0 Å². The van der Waals surface area contributed by atoms with Gasteiger partial charge in [-0.25, -0.2) is 4.98 Å². The van der Waals surface area contributed by atoms with Gasteiger partial charge in [-0.3, -0.25) is 9.69 Å². The third kappa shape index (κ3) is 4.32. The minimum Gasteiger partial charge on any atom is -0.491 e. The Morgan fingerprint density at radius 1 is 1.42 bits per heavy atom. The van der Waals surface area contributed by atoms with Crippen LogP contribution in [0.2, 0.25) is 0 Å². The molecular formula is C20H28N4O2. The molecule has 1 aromatic rings. The average molecular weight is 356 g/mol. The number of aromatic nitrogens is 1. The highest BCUT2D eigenvalue weighted by Gasteiger charge is 2.27. The largest absolute Gasteiger partial charge is 0.491 e. The molecule has 140 valence electrons. The Morgan fingerprint density at radius 2 is 2.15 bits per heavy atom. The fraction of sp³-hybridized carbons (Fsp3) is 0.400. The van der Waals surface area contributed by atoms with Crippen LogP contribution in [0, 0.1) is 0 Å². The zero-order chi connectivity index (χ0) is 19.3. The summed E-state index contributed by atoms with van der Waals surface area (Å²) in [5, 5.41) is 0. The van der Waals surface area contributed by atoms with Gasteiger partial charge in [-0.2, -0.15) is 0 Å². The van der Waals surface area contributed by atoms with Crippen LogP contribution in [0.3, 0.4) is 0 Å². The van der Waals surface area contributed by atoms with Crippen LogP contribution >= 0.6 is 0 Å². The van der Waals surface area contributed by atoms with Gasteiger partial charge in [0.2, 0.25) is 0 Å². The van der Waals surface area contributed by atoms with Crippen LogP contribution in [0.25, 0.3) is 0 Å². The lowest BCUT2D eigenvalue weighted by atomic mass is 9.97. The second-order valence-corrected chi connectivity index (χ2v) is 6.80. The van der Waals surface area contributed by atoms with Crippen molar-refractivity contribution in [2.24, 2.45) is 5.73 Å². The van der Waals surface area contributed by atoms with E-state index in [9.17, 15) is 4.79 Å². The molecule has 0 unspecified atom stereocenters. The summed E-state index contributed by atoms with van der Waals surface area (Å²) >= 11 is 0. The maximum absolute atomic E-state index is 12.8. The number of carbonyl (C=O) groups is 1. The second kappa shape index (κ2) is 8.19. The van der Waals surface area contributed by atoms with Gasteiger partial charge in [0.1, 0.15) is 18.2 Å². The van der Waals surface area contributed by atoms with Gasteiger partial charge in [0.15, 0.2) is 0 Å². The van der Waals surface area contributed by atoms with Crippen LogP contribution in [0.15, 0.2) is 54.5 Å². The van der Waals surface area contributed by atoms with Crippen molar-refractivity contribution in [2.45, 2.75) is 32.7 Å². The number of carbonyl (C=O) groups excluding carboxylic acids is 1. The van der Waals surface area contributed by atoms with E-state index in [1.807, 2.05) is 18.4 Å². The van der Waals surface area contributed by atoms with Crippen LogP contribution in [0.1, 0.15) is 27.2 Å². The van der Waals surface area contributed by atoms with Crippen LogP contribution in [-0.2, 0) is 4.79 Å². The SMILES string of the molecule is C=C1C=C(C(=O)N(C)c2ccc(OCCN)cn2)C=CN1C(C)(C)CC. The molecule has 0 aromatic carbocycles. The number of allylic oxidation sites excluding steroid dienone is 1. The summed E-state index contributed by atoms with van der Waals surface area (Å²) in [5.41, 5.74) is 6.74. The first-order chi connectivity index (χ1) is 12.3. The lowest BCUT2D eigenvalue weighted by Gasteiger charge is -2.39. The number of hydrogen-bond donors (Lipinski definition) is 1. The number of nitrogens with zero attached hydrogens (tertiary/aromatic N) is 3. The van der Waals surface area contributed by atoms with Crippen molar-refractivity contribution in [3.63, 3.8) is 0 Å². The Kier molecular flexibility index (Phi) is 6.21. The zero-order valence-electron chi connectivity index (χ0n) is 16.0. The molecule has 0 radical (unpaired) electrons. The molecule has 1 amide bonds. The number of anilines is 1. The summed E-state index contributed by atoms with van der Waals surface area (Å²) < 4.78 is 5.40. The molecule has 2 heterocycles. The molecule has 0 atom stereocenters. The minimum atomic E-state index is -0.139. The third-order valence-electron chi connectivity index (χ3n) is 4.55. The van der Waals surface area contributed by atoms with Crippen molar-refractivity contribution in [2.75, 3.05) is 25.1 Å². The van der Waals surface area contributed by atoms with E-state index in [4.69, 9.17) is 10.5 Å². The molecule has 6 nitrogen and oxygen atoms in total. The summed E-state index contributed by atoms with van der Waals surface area (Å²) in [5.74, 6) is 1.04. The van der Waals surface area contributed by atoms with Gasteiger partial charge in [0.25, 0.3) is 5.91 Å². The molecule has 0 saturated carbocycles. The normalized spacial score (nSPS) is 14.3. The summed E-state index contributed by atoms with van der Waals surface area (Å²) in [6, 6.07) is 3.52. The molecule has 2 N–H and O–H groups in total. The highest BCUT2D eigenvalue weighted by atomic mass is 16.5. The van der Waals surface area contributed by atoms with Crippen LogP contribution in [0.5, 0.6) is 5.75 Å². The van der Waals surface area contributed by atoms with Crippen molar-refractivity contribution in [1.82, 2.24) is 9.88 Å². The quantitative estimate of drug-likeness (QED) is 0.813. The molecular weight excluding hydrogens is 328 g/mol.